The van der Waals surface area contributed by atoms with Crippen LogP contribution in [-0.2, 0) is 0 Å². The number of carbonyl (C=O) groups is 4. The Hall–Kier alpha value is 0.320. The molecule has 0 atom stereocenters. The van der Waals surface area contributed by atoms with Crippen LogP contribution in [0.3, 0.4) is 0 Å². The van der Waals surface area contributed by atoms with E-state index in [-0.39, 0.29) is 129 Å². The number of aromatic carboxylic acids is 4. The quantitative estimate of drug-likeness (QED) is 0.513. The van der Waals surface area contributed by atoms with E-state index < -0.39 is 46.1 Å². The molecule has 0 amide bonds. The fourth-order valence-electron chi connectivity index (χ4n) is 2.28. The maximum atomic E-state index is 11.4. The van der Waals surface area contributed by atoms with Gasteiger partial charge in [-0.05, 0) is 29.3 Å². The Morgan fingerprint density at radius 2 is 1.07 bits per heavy atom. The van der Waals surface area contributed by atoms with Crippen molar-refractivity contribution in [2.45, 2.75) is 0 Å². The van der Waals surface area contributed by atoms with Crippen molar-refractivity contribution in [1.29, 1.82) is 0 Å². The maximum Gasteiger partial charge on any atom is 0.337 e. The number of hydrogen-bond acceptors (Lipinski definition) is 4. The average molecular weight is 422 g/mol. The predicted molar refractivity (Wildman–Crippen MR) is 103 cm³/mol. The van der Waals surface area contributed by atoms with Gasteiger partial charge in [0.1, 0.15) is 0 Å². The Balaban J connectivity index is -0.00000156. The van der Waals surface area contributed by atoms with E-state index in [0.29, 0.717) is 0 Å². The largest absolute Gasteiger partial charge is 0.478 e. The fraction of sp³-hybridized carbons (Fsp3) is 0. The molecule has 2 rings (SSSR count). The number of hydrogen-bond donors (Lipinski definition) is 4. The van der Waals surface area contributed by atoms with E-state index >= 15 is 0 Å². The Kier molecular flexibility index (Phi) is 16.9. The molecule has 2 aromatic carbocycles. The molecule has 8 nitrogen and oxygen atoms in total. The van der Waals surface area contributed by atoms with Gasteiger partial charge in [-0.2, -0.15) is 0 Å². The first-order chi connectivity index (χ1) is 11.2. The third kappa shape index (κ3) is 7.54. The van der Waals surface area contributed by atoms with Gasteiger partial charge in [0, 0.05) is 118 Å². The molecule has 0 aromatic heterocycles. The second kappa shape index (κ2) is 14.3. The Labute approximate surface area is 247 Å². The van der Waals surface area contributed by atoms with Gasteiger partial charge < -0.3 is 20.4 Å². The van der Waals surface area contributed by atoms with E-state index in [1.807, 2.05) is 0 Å². The van der Waals surface area contributed by atoms with Crippen LogP contribution in [0.5, 0.6) is 0 Å². The fourth-order valence-corrected chi connectivity index (χ4v) is 2.28. The summed E-state index contributed by atoms with van der Waals surface area (Å²) in [6.07, 6.45) is 0. The van der Waals surface area contributed by atoms with Crippen LogP contribution >= 0.6 is 0 Å². The molecule has 0 spiro atoms. The number of carboxylic acid groups (broad SMARTS) is 4. The molecule has 0 aliphatic rings. The first-order valence-electron chi connectivity index (χ1n) is 6.44. The van der Waals surface area contributed by atoms with Gasteiger partial charge in [-0.25, -0.2) is 19.2 Å². The molecule has 0 heterocycles. The first-order valence-corrected chi connectivity index (χ1v) is 6.44. The molecule has 126 valence electrons. The summed E-state index contributed by atoms with van der Waals surface area (Å²) in [4.78, 5) is 44.9. The van der Waals surface area contributed by atoms with E-state index in [9.17, 15) is 24.3 Å². The molecule has 0 saturated carbocycles. The van der Waals surface area contributed by atoms with Gasteiger partial charge in [-0.15, -0.1) is 0 Å². The zero-order valence-electron chi connectivity index (χ0n) is 15.9. The molecule has 4 radical (unpaired) electrons. The average Bonchev–Trinajstić information content (AvgIpc) is 2.53. The van der Waals surface area contributed by atoms with Crippen LogP contribution in [0, 0.1) is 0 Å². The van der Waals surface area contributed by atoms with Crippen LogP contribution in [0.15, 0.2) is 36.4 Å². The third-order valence-electron chi connectivity index (χ3n) is 3.30. The van der Waals surface area contributed by atoms with Crippen LogP contribution in [-0.4, -0.2) is 163 Å². The van der Waals surface area contributed by atoms with Crippen LogP contribution in [0.1, 0.15) is 41.4 Å². The van der Waals surface area contributed by atoms with E-state index in [0.717, 1.165) is 18.2 Å². The van der Waals surface area contributed by atoms with E-state index in [2.05, 4.69) is 0 Å². The zero-order chi connectivity index (χ0) is 18.0. The zero-order valence-corrected chi connectivity index (χ0v) is 23.9. The second-order valence-corrected chi connectivity index (χ2v) is 4.71. The SMILES string of the molecule is O=C(O)c1ccc(-c2cccc(C(=O)O)c2C(=O)O)cc1C(=O)O.[Na].[Na].[Na].[Na]. The molecule has 0 aliphatic carbocycles. The van der Waals surface area contributed by atoms with Crippen molar-refractivity contribution in [3.63, 3.8) is 0 Å². The molecule has 0 fully saturated rings. The van der Waals surface area contributed by atoms with Gasteiger partial charge in [0.15, 0.2) is 0 Å². The van der Waals surface area contributed by atoms with Crippen LogP contribution in [0.2, 0.25) is 0 Å². The summed E-state index contributed by atoms with van der Waals surface area (Å²) in [5.41, 5.74) is -1.90. The third-order valence-corrected chi connectivity index (χ3v) is 3.30. The molecule has 0 bridgehead atoms. The van der Waals surface area contributed by atoms with Gasteiger partial charge in [0.05, 0.1) is 22.3 Å². The molecule has 0 unspecified atom stereocenters. The van der Waals surface area contributed by atoms with E-state index in [1.165, 1.54) is 18.2 Å². The maximum absolute atomic E-state index is 11.4. The smallest absolute Gasteiger partial charge is 0.337 e. The Morgan fingerprint density at radius 3 is 1.50 bits per heavy atom. The summed E-state index contributed by atoms with van der Waals surface area (Å²) in [6, 6.07) is 7.00. The van der Waals surface area contributed by atoms with Gasteiger partial charge >= 0.3 is 23.9 Å². The first kappa shape index (κ1) is 33.0. The molecule has 0 saturated heterocycles. The van der Waals surface area contributed by atoms with Gasteiger partial charge in [0.2, 0.25) is 0 Å². The van der Waals surface area contributed by atoms with Crippen molar-refractivity contribution in [1.82, 2.24) is 0 Å². The standard InChI is InChI=1S/C16H10O8.4Na/c17-13(18)9-5-4-7(6-11(9)15(21)22)8-2-1-3-10(14(19)20)12(8)16(23)24;;;;/h1-6H,(H,17,18)(H,19,20)(H,21,22)(H,23,24);;;;. The van der Waals surface area contributed by atoms with Crippen molar-refractivity contribution in [3.8, 4) is 11.1 Å². The summed E-state index contributed by atoms with van der Waals surface area (Å²) in [7, 11) is 0. The number of rotatable bonds is 5. The molecule has 2 aromatic rings. The molecule has 28 heavy (non-hydrogen) atoms. The van der Waals surface area contributed by atoms with Crippen molar-refractivity contribution < 1.29 is 39.6 Å². The van der Waals surface area contributed by atoms with Crippen molar-refractivity contribution in [2.75, 3.05) is 0 Å². The van der Waals surface area contributed by atoms with Crippen molar-refractivity contribution in [3.05, 3.63) is 58.7 Å². The van der Waals surface area contributed by atoms with Crippen LogP contribution in [0.25, 0.3) is 11.1 Å². The van der Waals surface area contributed by atoms with E-state index in [1.54, 1.807) is 0 Å². The van der Waals surface area contributed by atoms with Crippen molar-refractivity contribution >= 4 is 142 Å². The minimum atomic E-state index is -1.50. The summed E-state index contributed by atoms with van der Waals surface area (Å²) >= 11 is 0. The predicted octanol–water partition coefficient (Wildman–Crippen LogP) is 0.623. The van der Waals surface area contributed by atoms with E-state index in [4.69, 9.17) is 15.3 Å². The topological polar surface area (TPSA) is 149 Å². The minimum absolute atomic E-state index is 0. The molecule has 0 aliphatic heterocycles. The minimum Gasteiger partial charge on any atom is -0.478 e. The Bertz CT molecular complexity index is 898. The normalized spacial score (nSPS) is 8.71. The number of benzene rings is 2. The monoisotopic (exact) mass is 422 g/mol. The molecular formula is C16H10Na4O8. The summed E-state index contributed by atoms with van der Waals surface area (Å²) < 4.78 is 0. The van der Waals surface area contributed by atoms with Crippen LogP contribution in [0.4, 0.5) is 0 Å². The molecular weight excluding hydrogens is 412 g/mol. The van der Waals surface area contributed by atoms with Gasteiger partial charge in [0.25, 0.3) is 0 Å². The summed E-state index contributed by atoms with van der Waals surface area (Å²) in [5.74, 6) is -5.89. The molecule has 4 N–H and O–H groups in total. The second-order valence-electron chi connectivity index (χ2n) is 4.71. The molecule has 12 heteroatoms. The van der Waals surface area contributed by atoms with Gasteiger partial charge in [-0.1, -0.05) is 18.2 Å². The van der Waals surface area contributed by atoms with Crippen LogP contribution < -0.4 is 0 Å². The Morgan fingerprint density at radius 1 is 0.571 bits per heavy atom. The van der Waals surface area contributed by atoms with Gasteiger partial charge in [-0.3, -0.25) is 0 Å². The number of carboxylic acids is 4. The summed E-state index contributed by atoms with van der Waals surface area (Å²) in [5, 5.41) is 36.5. The van der Waals surface area contributed by atoms with Crippen molar-refractivity contribution in [2.24, 2.45) is 0 Å². The summed E-state index contributed by atoms with van der Waals surface area (Å²) in [6.45, 7) is 0.